The molecule has 2 aliphatic rings. The van der Waals surface area contributed by atoms with E-state index in [4.69, 9.17) is 0 Å². The Morgan fingerprint density at radius 1 is 1.05 bits per heavy atom. The van der Waals surface area contributed by atoms with E-state index in [1.807, 2.05) is 6.08 Å². The molecule has 1 aromatic rings. The fourth-order valence-electron chi connectivity index (χ4n) is 3.84. The molecule has 0 bridgehead atoms. The van der Waals surface area contributed by atoms with Crippen molar-refractivity contribution < 1.29 is 13.2 Å². The van der Waals surface area contributed by atoms with E-state index in [1.165, 1.54) is 43.7 Å². The first-order chi connectivity index (χ1) is 10.1. The van der Waals surface area contributed by atoms with Crippen LogP contribution in [-0.4, -0.2) is 0 Å². The first kappa shape index (κ1) is 14.7. The first-order valence-corrected chi connectivity index (χ1v) is 7.94. The van der Waals surface area contributed by atoms with Crippen molar-refractivity contribution >= 4 is 0 Å². The van der Waals surface area contributed by atoms with Gasteiger partial charge in [0.05, 0.1) is 0 Å². The van der Waals surface area contributed by atoms with Crippen LogP contribution in [0.15, 0.2) is 17.7 Å². The molecular weight excluding hydrogens is 273 g/mol. The smallest absolute Gasteiger partial charge is 0.194 e. The van der Waals surface area contributed by atoms with Crippen molar-refractivity contribution in [1.29, 1.82) is 0 Å². The Kier molecular flexibility index (Phi) is 4.10. The minimum atomic E-state index is -1.34. The molecule has 1 aromatic carbocycles. The monoisotopic (exact) mass is 294 g/mol. The summed E-state index contributed by atoms with van der Waals surface area (Å²) in [5.74, 6) is -2.04. The van der Waals surface area contributed by atoms with Gasteiger partial charge in [-0.3, -0.25) is 0 Å². The molecule has 0 radical (unpaired) electrons. The molecule has 0 unspecified atom stereocenters. The Hall–Kier alpha value is -1.25. The van der Waals surface area contributed by atoms with E-state index in [-0.39, 0.29) is 0 Å². The Morgan fingerprint density at radius 3 is 2.43 bits per heavy atom. The normalized spacial score (nSPS) is 25.4. The molecule has 0 amide bonds. The van der Waals surface area contributed by atoms with E-state index >= 15 is 0 Å². The predicted molar refractivity (Wildman–Crippen MR) is 77.5 cm³/mol. The van der Waals surface area contributed by atoms with Gasteiger partial charge in [-0.15, -0.1) is 0 Å². The molecule has 2 aliphatic carbocycles. The van der Waals surface area contributed by atoms with Crippen molar-refractivity contribution in [2.24, 2.45) is 11.8 Å². The summed E-state index contributed by atoms with van der Waals surface area (Å²) in [4.78, 5) is 0. The number of hydrogen-bond acceptors (Lipinski definition) is 0. The zero-order chi connectivity index (χ0) is 15.0. The molecule has 3 rings (SSSR count). The minimum Gasteiger partial charge on any atom is -0.204 e. The van der Waals surface area contributed by atoms with E-state index in [9.17, 15) is 13.2 Å². The van der Waals surface area contributed by atoms with Gasteiger partial charge in [-0.05, 0) is 67.6 Å². The zero-order valence-corrected chi connectivity index (χ0v) is 12.4. The summed E-state index contributed by atoms with van der Waals surface area (Å²) >= 11 is 0. The van der Waals surface area contributed by atoms with Gasteiger partial charge in [0.15, 0.2) is 17.5 Å². The fraction of sp³-hybridized carbons (Fsp3) is 0.556. The number of fused-ring (bicyclic) bond motifs is 1. The Labute approximate surface area is 124 Å². The molecule has 1 fully saturated rings. The van der Waals surface area contributed by atoms with Crippen LogP contribution >= 0.6 is 0 Å². The molecule has 0 aliphatic heterocycles. The van der Waals surface area contributed by atoms with Crippen molar-refractivity contribution in [3.05, 3.63) is 46.3 Å². The molecule has 0 spiro atoms. The maximum Gasteiger partial charge on any atom is 0.194 e. The summed E-state index contributed by atoms with van der Waals surface area (Å²) < 4.78 is 40.4. The zero-order valence-electron chi connectivity index (χ0n) is 12.4. The molecule has 0 saturated heterocycles. The van der Waals surface area contributed by atoms with Crippen LogP contribution in [0.3, 0.4) is 0 Å². The molecule has 114 valence electrons. The van der Waals surface area contributed by atoms with E-state index in [0.717, 1.165) is 5.92 Å². The van der Waals surface area contributed by atoms with E-state index in [2.05, 4.69) is 6.92 Å². The quantitative estimate of drug-likeness (QED) is 0.510. The summed E-state index contributed by atoms with van der Waals surface area (Å²) in [6.07, 6.45) is 9.09. The van der Waals surface area contributed by atoms with Crippen LogP contribution in [0.1, 0.15) is 50.2 Å². The standard InChI is InChI=1S/C18H21F3/c1-2-11-3-5-12(6-4-11)13-7-8-15-14(9-13)10-16(19)18(21)17(15)20/h7,10-12H,2-6,8-9H2,1H3. The second-order valence-electron chi connectivity index (χ2n) is 6.41. The van der Waals surface area contributed by atoms with E-state index in [1.54, 1.807) is 0 Å². The molecule has 0 N–H and O–H groups in total. The van der Waals surface area contributed by atoms with Crippen LogP contribution in [0.25, 0.3) is 0 Å². The van der Waals surface area contributed by atoms with Crippen molar-refractivity contribution in [3.8, 4) is 0 Å². The van der Waals surface area contributed by atoms with Gasteiger partial charge in [0, 0.05) is 0 Å². The van der Waals surface area contributed by atoms with E-state index < -0.39 is 17.5 Å². The average Bonchev–Trinajstić information content (AvgIpc) is 2.52. The summed E-state index contributed by atoms with van der Waals surface area (Å²) in [6, 6.07) is 1.18. The van der Waals surface area contributed by atoms with Crippen molar-refractivity contribution in [2.75, 3.05) is 0 Å². The molecule has 0 nitrogen and oxygen atoms in total. The number of halogens is 3. The molecule has 3 heteroatoms. The van der Waals surface area contributed by atoms with Gasteiger partial charge in [0.1, 0.15) is 0 Å². The van der Waals surface area contributed by atoms with Crippen LogP contribution in [0, 0.1) is 29.3 Å². The predicted octanol–water partition coefficient (Wildman–Crippen LogP) is 5.35. The highest BCUT2D eigenvalue weighted by molar-refractivity contribution is 5.39. The van der Waals surface area contributed by atoms with Crippen LogP contribution < -0.4 is 0 Å². The third-order valence-corrected chi connectivity index (χ3v) is 5.27. The van der Waals surface area contributed by atoms with Crippen LogP contribution in [0.4, 0.5) is 13.2 Å². The number of hydrogen-bond donors (Lipinski definition) is 0. The summed E-state index contributed by atoms with van der Waals surface area (Å²) in [7, 11) is 0. The Bertz CT molecular complexity index is 566. The summed E-state index contributed by atoms with van der Waals surface area (Å²) in [6.45, 7) is 2.24. The van der Waals surface area contributed by atoms with Gasteiger partial charge in [-0.2, -0.15) is 0 Å². The van der Waals surface area contributed by atoms with Gasteiger partial charge in [-0.1, -0.05) is 25.0 Å². The largest absolute Gasteiger partial charge is 0.204 e. The lowest BCUT2D eigenvalue weighted by atomic mass is 9.74. The van der Waals surface area contributed by atoms with Crippen molar-refractivity contribution in [3.63, 3.8) is 0 Å². The lowest BCUT2D eigenvalue weighted by Crippen LogP contribution is -2.19. The lowest BCUT2D eigenvalue weighted by Gasteiger charge is -2.31. The highest BCUT2D eigenvalue weighted by Crippen LogP contribution is 2.38. The Morgan fingerprint density at radius 2 is 1.76 bits per heavy atom. The van der Waals surface area contributed by atoms with Crippen molar-refractivity contribution in [1.82, 2.24) is 0 Å². The maximum absolute atomic E-state index is 13.8. The second kappa shape index (κ2) is 5.86. The number of rotatable bonds is 2. The third kappa shape index (κ3) is 2.75. The third-order valence-electron chi connectivity index (χ3n) is 5.27. The first-order valence-electron chi connectivity index (χ1n) is 7.94. The number of benzene rings is 1. The SMILES string of the molecule is CCC1CCC(C2=CCc3c(cc(F)c(F)c3F)C2)CC1. The van der Waals surface area contributed by atoms with Crippen LogP contribution in [0.5, 0.6) is 0 Å². The van der Waals surface area contributed by atoms with Crippen LogP contribution in [0.2, 0.25) is 0 Å². The fourth-order valence-corrected chi connectivity index (χ4v) is 3.84. The van der Waals surface area contributed by atoms with Gasteiger partial charge in [0.2, 0.25) is 0 Å². The van der Waals surface area contributed by atoms with Gasteiger partial charge in [-0.25, -0.2) is 13.2 Å². The highest BCUT2D eigenvalue weighted by atomic mass is 19.2. The second-order valence-corrected chi connectivity index (χ2v) is 6.41. The van der Waals surface area contributed by atoms with Crippen molar-refractivity contribution in [2.45, 2.75) is 51.9 Å². The lowest BCUT2D eigenvalue weighted by molar-refractivity contribution is 0.292. The Balaban J connectivity index is 1.77. The molecule has 21 heavy (non-hydrogen) atoms. The van der Waals surface area contributed by atoms with Gasteiger partial charge in [0.25, 0.3) is 0 Å². The topological polar surface area (TPSA) is 0 Å². The maximum atomic E-state index is 13.8. The van der Waals surface area contributed by atoms with E-state index in [0.29, 0.717) is 29.9 Å². The molecule has 1 saturated carbocycles. The summed E-state index contributed by atoms with van der Waals surface area (Å²) in [5.41, 5.74) is 2.25. The minimum absolute atomic E-state index is 0.333. The molecule has 0 heterocycles. The molecular formula is C18H21F3. The summed E-state index contributed by atoms with van der Waals surface area (Å²) in [5, 5.41) is 0. The van der Waals surface area contributed by atoms with Crippen LogP contribution in [-0.2, 0) is 12.8 Å². The van der Waals surface area contributed by atoms with Gasteiger partial charge >= 0.3 is 0 Å². The molecule has 0 atom stereocenters. The molecule has 0 aromatic heterocycles. The number of allylic oxidation sites excluding steroid dienone is 2. The highest BCUT2D eigenvalue weighted by Gasteiger charge is 2.27. The van der Waals surface area contributed by atoms with Gasteiger partial charge < -0.3 is 0 Å². The average molecular weight is 294 g/mol.